The van der Waals surface area contributed by atoms with Gasteiger partial charge >= 0.3 is 0 Å². The van der Waals surface area contributed by atoms with Crippen LogP contribution in [-0.4, -0.2) is 16.7 Å². The van der Waals surface area contributed by atoms with Crippen LogP contribution in [0, 0.1) is 28.9 Å². The largest absolute Gasteiger partial charge is 0.338 e. The van der Waals surface area contributed by atoms with Crippen molar-refractivity contribution >= 4 is 22.9 Å². The molecule has 3 aromatic rings. The minimum atomic E-state index is -0.897. The van der Waals surface area contributed by atoms with Crippen molar-refractivity contribution in [1.29, 1.82) is 5.26 Å². The average molecular weight is 468 g/mol. The summed E-state index contributed by atoms with van der Waals surface area (Å²) in [5.74, 6) is -1.37. The number of fused-ring (bicyclic) bond motifs is 2. The highest BCUT2D eigenvalue weighted by Gasteiger charge is 2.33. The lowest BCUT2D eigenvalue weighted by atomic mass is 9.84. The van der Waals surface area contributed by atoms with Crippen LogP contribution < -0.4 is 10.2 Å². The molecular weight excluding hydrogens is 444 g/mol. The third-order valence-electron chi connectivity index (χ3n) is 5.98. The SMILES string of the molecule is CC(C)N=C1C=C2C(C=C1Nc1ncccc1C#N)Cc1ccccc1N2c1ccc(F)c(F)c1. The summed E-state index contributed by atoms with van der Waals surface area (Å²) < 4.78 is 28.0. The second-order valence-corrected chi connectivity index (χ2v) is 8.77. The van der Waals surface area contributed by atoms with Gasteiger partial charge in [-0.15, -0.1) is 0 Å². The number of hydrogen-bond acceptors (Lipinski definition) is 5. The van der Waals surface area contributed by atoms with E-state index in [1.165, 1.54) is 6.07 Å². The van der Waals surface area contributed by atoms with Gasteiger partial charge in [0.25, 0.3) is 0 Å². The van der Waals surface area contributed by atoms with Crippen LogP contribution in [0.2, 0.25) is 0 Å². The van der Waals surface area contributed by atoms with Crippen molar-refractivity contribution in [2.45, 2.75) is 26.3 Å². The number of para-hydroxylation sites is 1. The summed E-state index contributed by atoms with van der Waals surface area (Å²) in [6.07, 6.45) is 6.43. The molecular formula is C28H23F2N5. The van der Waals surface area contributed by atoms with E-state index in [-0.39, 0.29) is 12.0 Å². The van der Waals surface area contributed by atoms with Gasteiger partial charge < -0.3 is 10.2 Å². The van der Waals surface area contributed by atoms with Crippen LogP contribution in [0.3, 0.4) is 0 Å². The normalized spacial score (nSPS) is 17.9. The molecule has 0 radical (unpaired) electrons. The van der Waals surface area contributed by atoms with Gasteiger partial charge in [-0.3, -0.25) is 4.99 Å². The zero-order valence-corrected chi connectivity index (χ0v) is 19.3. The molecule has 0 fully saturated rings. The van der Waals surface area contributed by atoms with Crippen molar-refractivity contribution in [2.75, 3.05) is 10.2 Å². The molecule has 0 amide bonds. The second kappa shape index (κ2) is 9.15. The monoisotopic (exact) mass is 467 g/mol. The summed E-state index contributed by atoms with van der Waals surface area (Å²) in [6, 6.07) is 17.5. The van der Waals surface area contributed by atoms with Gasteiger partial charge in [0.15, 0.2) is 11.6 Å². The van der Waals surface area contributed by atoms with E-state index in [2.05, 4.69) is 22.4 Å². The van der Waals surface area contributed by atoms with Crippen molar-refractivity contribution < 1.29 is 8.78 Å². The van der Waals surface area contributed by atoms with Crippen molar-refractivity contribution in [2.24, 2.45) is 10.9 Å². The van der Waals surface area contributed by atoms with Gasteiger partial charge in [0.1, 0.15) is 11.9 Å². The molecule has 5 nitrogen and oxygen atoms in total. The third kappa shape index (κ3) is 4.31. The zero-order valence-electron chi connectivity index (χ0n) is 19.3. The molecule has 0 bridgehead atoms. The molecule has 1 N–H and O–H groups in total. The lowest BCUT2D eigenvalue weighted by Crippen LogP contribution is -2.33. The Morgan fingerprint density at radius 2 is 1.94 bits per heavy atom. The standard InChI is InChI=1S/C28H23F2N5/c1-17(2)33-25-15-27-20(13-24(25)34-28-19(16-31)7-5-11-32-28)12-18-6-3-4-8-26(18)35(27)21-9-10-22(29)23(30)14-21/h3-11,13-15,17,20H,12H2,1-2H3,(H,32,34). The minimum Gasteiger partial charge on any atom is -0.338 e. The number of aliphatic imine (C=N–C) groups is 1. The highest BCUT2D eigenvalue weighted by atomic mass is 19.2. The highest BCUT2D eigenvalue weighted by Crippen LogP contribution is 2.44. The Labute approximate surface area is 202 Å². The average Bonchev–Trinajstić information content (AvgIpc) is 2.85. The lowest BCUT2D eigenvalue weighted by Gasteiger charge is -2.40. The number of hydrogen-bond donors (Lipinski definition) is 1. The van der Waals surface area contributed by atoms with E-state index in [1.54, 1.807) is 24.4 Å². The maximum Gasteiger partial charge on any atom is 0.160 e. The predicted molar refractivity (Wildman–Crippen MR) is 133 cm³/mol. The maximum absolute atomic E-state index is 14.3. The first-order valence-corrected chi connectivity index (χ1v) is 11.4. The summed E-state index contributed by atoms with van der Waals surface area (Å²) in [4.78, 5) is 11.1. The molecule has 2 aliphatic rings. The molecule has 1 aliphatic heterocycles. The molecule has 0 spiro atoms. The first-order chi connectivity index (χ1) is 16.9. The van der Waals surface area contributed by atoms with Crippen LogP contribution >= 0.6 is 0 Å². The molecule has 174 valence electrons. The zero-order chi connectivity index (χ0) is 24.5. The van der Waals surface area contributed by atoms with Crippen LogP contribution in [0.4, 0.5) is 26.0 Å². The fraction of sp³-hybridized carbons (Fsp3) is 0.179. The Bertz CT molecular complexity index is 1430. The number of rotatable bonds is 4. The summed E-state index contributed by atoms with van der Waals surface area (Å²) in [6.45, 7) is 3.97. The summed E-state index contributed by atoms with van der Waals surface area (Å²) in [5, 5.41) is 12.8. The Balaban J connectivity index is 1.64. The van der Waals surface area contributed by atoms with E-state index >= 15 is 0 Å². The van der Waals surface area contributed by atoms with Gasteiger partial charge in [0.05, 0.1) is 17.0 Å². The summed E-state index contributed by atoms with van der Waals surface area (Å²) in [5.41, 5.74) is 5.36. The first-order valence-electron chi connectivity index (χ1n) is 11.4. The van der Waals surface area contributed by atoms with Gasteiger partial charge in [0.2, 0.25) is 0 Å². The molecule has 1 unspecified atom stereocenters. The number of nitrogens with zero attached hydrogens (tertiary/aromatic N) is 4. The van der Waals surface area contributed by atoms with Crippen molar-refractivity contribution in [3.8, 4) is 6.07 Å². The van der Waals surface area contributed by atoms with Gasteiger partial charge in [-0.2, -0.15) is 5.26 Å². The molecule has 0 saturated heterocycles. The molecule has 1 aromatic heterocycles. The number of allylic oxidation sites excluding steroid dienone is 2. The molecule has 2 aromatic carbocycles. The van der Waals surface area contributed by atoms with E-state index in [1.807, 2.05) is 49.1 Å². The number of benzene rings is 2. The highest BCUT2D eigenvalue weighted by molar-refractivity contribution is 6.12. The van der Waals surface area contributed by atoms with Gasteiger partial charge in [-0.1, -0.05) is 18.2 Å². The Kier molecular flexibility index (Phi) is 5.87. The number of pyridine rings is 1. The number of aromatic nitrogens is 1. The van der Waals surface area contributed by atoms with E-state index in [0.29, 0.717) is 22.8 Å². The molecule has 35 heavy (non-hydrogen) atoms. The fourth-order valence-electron chi connectivity index (χ4n) is 4.49. The lowest BCUT2D eigenvalue weighted by molar-refractivity contribution is 0.508. The molecule has 1 aliphatic carbocycles. The van der Waals surface area contributed by atoms with Crippen LogP contribution in [0.5, 0.6) is 0 Å². The third-order valence-corrected chi connectivity index (χ3v) is 5.98. The summed E-state index contributed by atoms with van der Waals surface area (Å²) in [7, 11) is 0. The minimum absolute atomic E-state index is 0.00959. The second-order valence-electron chi connectivity index (χ2n) is 8.77. The topological polar surface area (TPSA) is 64.3 Å². The molecule has 0 saturated carbocycles. The van der Waals surface area contributed by atoms with Crippen molar-refractivity contribution in [3.63, 3.8) is 0 Å². The Morgan fingerprint density at radius 3 is 2.71 bits per heavy atom. The van der Waals surface area contributed by atoms with E-state index < -0.39 is 11.6 Å². The van der Waals surface area contributed by atoms with Crippen molar-refractivity contribution in [3.05, 3.63) is 107 Å². The van der Waals surface area contributed by atoms with Crippen LogP contribution in [0.25, 0.3) is 0 Å². The van der Waals surface area contributed by atoms with Gasteiger partial charge in [0, 0.05) is 41.3 Å². The van der Waals surface area contributed by atoms with Gasteiger partial charge in [-0.25, -0.2) is 13.8 Å². The van der Waals surface area contributed by atoms with E-state index in [0.717, 1.165) is 35.1 Å². The predicted octanol–water partition coefficient (Wildman–Crippen LogP) is 6.28. The quantitative estimate of drug-likeness (QED) is 0.490. The first kappa shape index (κ1) is 22.5. The van der Waals surface area contributed by atoms with E-state index in [9.17, 15) is 14.0 Å². The van der Waals surface area contributed by atoms with Crippen LogP contribution in [0.15, 0.2) is 89.3 Å². The van der Waals surface area contributed by atoms with Crippen LogP contribution in [-0.2, 0) is 6.42 Å². The molecule has 7 heteroatoms. The van der Waals surface area contributed by atoms with Crippen LogP contribution in [0.1, 0.15) is 25.0 Å². The number of nitriles is 1. The van der Waals surface area contributed by atoms with Gasteiger partial charge in [-0.05, 0) is 68.3 Å². The van der Waals surface area contributed by atoms with E-state index in [4.69, 9.17) is 4.99 Å². The van der Waals surface area contributed by atoms with Crippen molar-refractivity contribution in [1.82, 2.24) is 4.98 Å². The Morgan fingerprint density at radius 1 is 1.11 bits per heavy atom. The Hall–Kier alpha value is -4.31. The fourth-order valence-corrected chi connectivity index (χ4v) is 4.49. The molecule has 1 atom stereocenters. The number of anilines is 3. The smallest absolute Gasteiger partial charge is 0.160 e. The maximum atomic E-state index is 14.3. The number of halogens is 2. The summed E-state index contributed by atoms with van der Waals surface area (Å²) >= 11 is 0. The molecule has 5 rings (SSSR count). The number of nitrogens with one attached hydrogen (secondary N) is 1. The molecule has 2 heterocycles.